The zero-order valence-corrected chi connectivity index (χ0v) is 16.2. The van der Waals surface area contributed by atoms with Crippen LogP contribution in [0.4, 0.5) is 13.2 Å². The summed E-state index contributed by atoms with van der Waals surface area (Å²) in [5.41, 5.74) is 3.95. The number of hydrogen-bond acceptors (Lipinski definition) is 0. The number of aryl methyl sites for hydroxylation is 1. The Balaban J connectivity index is 1.94. The van der Waals surface area contributed by atoms with Gasteiger partial charge in [0.2, 0.25) is 0 Å². The Bertz CT molecular complexity index is 1320. The van der Waals surface area contributed by atoms with Crippen LogP contribution < -0.4 is 0 Å². The van der Waals surface area contributed by atoms with E-state index >= 15 is 0 Å². The number of fused-ring (bicyclic) bond motifs is 2. The van der Waals surface area contributed by atoms with Crippen LogP contribution in [-0.4, -0.2) is 10.7 Å². The van der Waals surface area contributed by atoms with Crippen LogP contribution in [0.1, 0.15) is 22.3 Å². The first-order chi connectivity index (χ1) is 14.4. The molecule has 0 radical (unpaired) electrons. The van der Waals surface area contributed by atoms with E-state index in [0.717, 1.165) is 22.0 Å². The van der Waals surface area contributed by atoms with Gasteiger partial charge < -0.3 is 4.57 Å². The minimum absolute atomic E-state index is 0.213. The maximum atomic E-state index is 14.2. The summed E-state index contributed by atoms with van der Waals surface area (Å²) in [6.45, 7) is 1.98. The number of hydrogen-bond donors (Lipinski definition) is 0. The average Bonchev–Trinajstić information content (AvgIpc) is 3.29. The first kappa shape index (κ1) is 18.5. The highest BCUT2D eigenvalue weighted by Crippen LogP contribution is 2.48. The Kier molecular flexibility index (Phi) is 4.17. The van der Waals surface area contributed by atoms with E-state index in [4.69, 9.17) is 0 Å². The number of allylic oxidation sites excluding steroid dienone is 2. The molecule has 0 N–H and O–H groups in total. The second-order valence-electron chi connectivity index (χ2n) is 7.43. The molecular formula is C26H18F3N. The highest BCUT2D eigenvalue weighted by atomic mass is 19.4. The van der Waals surface area contributed by atoms with Crippen molar-refractivity contribution in [3.8, 4) is 0 Å². The summed E-state index contributed by atoms with van der Waals surface area (Å²) >= 11 is 0. The normalized spacial score (nSPS) is 15.3. The van der Waals surface area contributed by atoms with Crippen molar-refractivity contribution < 1.29 is 13.2 Å². The Morgan fingerprint density at radius 1 is 0.800 bits per heavy atom. The molecule has 0 amide bonds. The summed E-state index contributed by atoms with van der Waals surface area (Å²) < 4.78 is 44.4. The molecule has 0 saturated heterocycles. The van der Waals surface area contributed by atoms with Crippen molar-refractivity contribution >= 4 is 28.2 Å². The van der Waals surface area contributed by atoms with Crippen LogP contribution in [0.15, 0.2) is 90.6 Å². The number of halogens is 3. The van der Waals surface area contributed by atoms with Crippen LogP contribution in [0.2, 0.25) is 0 Å². The van der Waals surface area contributed by atoms with Crippen molar-refractivity contribution in [2.45, 2.75) is 13.1 Å². The molecule has 0 unspecified atom stereocenters. The number of aromatic nitrogens is 1. The molecule has 3 aromatic carbocycles. The minimum atomic E-state index is -4.47. The summed E-state index contributed by atoms with van der Waals surface area (Å²) in [5, 5.41) is 1.02. The fourth-order valence-corrected chi connectivity index (χ4v) is 4.24. The van der Waals surface area contributed by atoms with Crippen molar-refractivity contribution in [3.05, 3.63) is 113 Å². The van der Waals surface area contributed by atoms with Gasteiger partial charge in [0.25, 0.3) is 0 Å². The van der Waals surface area contributed by atoms with Crippen LogP contribution in [0, 0.1) is 6.92 Å². The molecule has 0 saturated carbocycles. The van der Waals surface area contributed by atoms with Gasteiger partial charge in [-0.15, -0.1) is 0 Å². The second-order valence-corrected chi connectivity index (χ2v) is 7.43. The lowest BCUT2D eigenvalue weighted by molar-refractivity contribution is -0.0859. The molecule has 1 heterocycles. The predicted octanol–water partition coefficient (Wildman–Crippen LogP) is 7.33. The lowest BCUT2D eigenvalue weighted by Gasteiger charge is -2.20. The van der Waals surface area contributed by atoms with Gasteiger partial charge in [0.15, 0.2) is 0 Å². The van der Waals surface area contributed by atoms with E-state index in [9.17, 15) is 13.2 Å². The molecule has 1 nitrogen and oxygen atoms in total. The maximum absolute atomic E-state index is 14.2. The standard InChI is InChI=1S/C26H18F3N/c1-17-16-30(23-14-8-7-12-20(17)23)25(18-9-3-2-4-10-18)24-21-13-6-5-11-19(21)15-22(24)26(27,28)29/h2-16H,1H3. The van der Waals surface area contributed by atoms with Crippen molar-refractivity contribution in [1.82, 2.24) is 4.57 Å². The number of nitrogens with zero attached hydrogens (tertiary/aromatic N) is 1. The lowest BCUT2D eigenvalue weighted by Crippen LogP contribution is -2.13. The van der Waals surface area contributed by atoms with Gasteiger partial charge >= 0.3 is 6.18 Å². The Morgan fingerprint density at radius 2 is 1.47 bits per heavy atom. The Labute approximate surface area is 172 Å². The first-order valence-corrected chi connectivity index (χ1v) is 9.70. The van der Waals surface area contributed by atoms with Gasteiger partial charge in [-0.05, 0) is 41.3 Å². The predicted molar refractivity (Wildman–Crippen MR) is 116 cm³/mol. The van der Waals surface area contributed by atoms with Crippen molar-refractivity contribution in [2.75, 3.05) is 0 Å². The maximum Gasteiger partial charge on any atom is 0.417 e. The summed E-state index contributed by atoms with van der Waals surface area (Å²) in [4.78, 5) is 0. The van der Waals surface area contributed by atoms with Crippen molar-refractivity contribution in [3.63, 3.8) is 0 Å². The third-order valence-corrected chi connectivity index (χ3v) is 5.54. The third kappa shape index (κ3) is 2.88. The smallest absolute Gasteiger partial charge is 0.315 e. The number of alkyl halides is 3. The molecule has 1 aliphatic carbocycles. The van der Waals surface area contributed by atoms with E-state index < -0.39 is 11.7 Å². The molecular weight excluding hydrogens is 383 g/mol. The lowest BCUT2D eigenvalue weighted by atomic mass is 9.96. The van der Waals surface area contributed by atoms with Gasteiger partial charge in [-0.1, -0.05) is 72.8 Å². The Morgan fingerprint density at radius 3 is 2.23 bits per heavy atom. The van der Waals surface area contributed by atoms with Crippen LogP contribution >= 0.6 is 0 Å². The largest absolute Gasteiger partial charge is 0.417 e. The van der Waals surface area contributed by atoms with E-state index in [2.05, 4.69) is 0 Å². The fourth-order valence-electron chi connectivity index (χ4n) is 4.24. The van der Waals surface area contributed by atoms with Crippen molar-refractivity contribution in [1.29, 1.82) is 0 Å². The molecule has 0 fully saturated rings. The molecule has 0 aliphatic heterocycles. The van der Waals surface area contributed by atoms with Gasteiger partial charge in [-0.25, -0.2) is 0 Å². The van der Waals surface area contributed by atoms with Crippen LogP contribution in [0.3, 0.4) is 0 Å². The summed E-state index contributed by atoms with van der Waals surface area (Å²) in [7, 11) is 0. The zero-order chi connectivity index (χ0) is 20.9. The molecule has 0 spiro atoms. The highest BCUT2D eigenvalue weighted by molar-refractivity contribution is 6.08. The molecule has 5 rings (SSSR count). The van der Waals surface area contributed by atoms with Gasteiger partial charge in [0.1, 0.15) is 0 Å². The molecule has 4 heteroatoms. The molecule has 148 valence electrons. The van der Waals surface area contributed by atoms with E-state index in [1.54, 1.807) is 24.3 Å². The average molecular weight is 401 g/mol. The van der Waals surface area contributed by atoms with Gasteiger partial charge in [-0.2, -0.15) is 13.2 Å². The van der Waals surface area contributed by atoms with Gasteiger partial charge in [0, 0.05) is 17.2 Å². The summed E-state index contributed by atoms with van der Waals surface area (Å²) in [6, 6.07) is 24.2. The Hall–Kier alpha value is -3.53. The summed E-state index contributed by atoms with van der Waals surface area (Å²) in [5.74, 6) is 0. The zero-order valence-electron chi connectivity index (χ0n) is 16.2. The van der Waals surface area contributed by atoms with Crippen LogP contribution in [0.25, 0.3) is 28.2 Å². The number of rotatable bonds is 2. The van der Waals surface area contributed by atoms with Gasteiger partial charge in [0.05, 0.1) is 16.8 Å². The summed E-state index contributed by atoms with van der Waals surface area (Å²) in [6.07, 6.45) is -1.28. The number of para-hydroxylation sites is 1. The molecule has 1 aliphatic rings. The highest BCUT2D eigenvalue weighted by Gasteiger charge is 2.41. The minimum Gasteiger partial charge on any atom is -0.315 e. The van der Waals surface area contributed by atoms with E-state index in [1.165, 1.54) is 6.08 Å². The molecule has 0 atom stereocenters. The quantitative estimate of drug-likeness (QED) is 0.331. The topological polar surface area (TPSA) is 4.93 Å². The van der Waals surface area contributed by atoms with Crippen LogP contribution in [-0.2, 0) is 0 Å². The monoisotopic (exact) mass is 401 g/mol. The van der Waals surface area contributed by atoms with Gasteiger partial charge in [-0.3, -0.25) is 0 Å². The second kappa shape index (κ2) is 6.77. The fraction of sp³-hybridized carbons (Fsp3) is 0.0769. The molecule has 4 aromatic rings. The molecule has 0 bridgehead atoms. The number of benzene rings is 3. The first-order valence-electron chi connectivity index (χ1n) is 9.70. The molecule has 1 aromatic heterocycles. The van der Waals surface area contributed by atoms with E-state index in [1.807, 2.05) is 72.3 Å². The van der Waals surface area contributed by atoms with Crippen LogP contribution in [0.5, 0.6) is 0 Å². The molecule has 30 heavy (non-hydrogen) atoms. The van der Waals surface area contributed by atoms with E-state index in [0.29, 0.717) is 16.8 Å². The SMILES string of the molecule is Cc1cn(C(=C2C(C(F)(F)F)=Cc3ccccc32)c2ccccc2)c2ccccc12. The third-order valence-electron chi connectivity index (χ3n) is 5.54. The van der Waals surface area contributed by atoms with E-state index in [-0.39, 0.29) is 5.57 Å². The van der Waals surface area contributed by atoms with Crippen molar-refractivity contribution in [2.24, 2.45) is 0 Å².